The molecule has 0 spiro atoms. The van der Waals surface area contributed by atoms with Crippen molar-refractivity contribution in [3.8, 4) is 0 Å². The van der Waals surface area contributed by atoms with Gasteiger partial charge in [0.2, 0.25) is 0 Å². The van der Waals surface area contributed by atoms with E-state index in [1.165, 1.54) is 0 Å². The molecule has 2 nitrogen and oxygen atoms in total. The van der Waals surface area contributed by atoms with E-state index >= 15 is 0 Å². The summed E-state index contributed by atoms with van der Waals surface area (Å²) in [5.41, 5.74) is 5.36. The van der Waals surface area contributed by atoms with Crippen LogP contribution in [0.15, 0.2) is 12.2 Å². The van der Waals surface area contributed by atoms with Crippen LogP contribution in [0.5, 0.6) is 0 Å². The SMILES string of the molecule is C/C=C/CC(N)CO. The van der Waals surface area contributed by atoms with Gasteiger partial charge in [-0.05, 0) is 13.3 Å². The van der Waals surface area contributed by atoms with Crippen molar-refractivity contribution in [1.29, 1.82) is 0 Å². The normalized spacial score (nSPS) is 14.9. The Labute approximate surface area is 50.0 Å². The average Bonchev–Trinajstić information content (AvgIpc) is 1.83. The lowest BCUT2D eigenvalue weighted by Crippen LogP contribution is -2.22. The third kappa shape index (κ3) is 3.84. The van der Waals surface area contributed by atoms with Gasteiger partial charge in [-0.15, -0.1) is 0 Å². The summed E-state index contributed by atoms with van der Waals surface area (Å²) in [4.78, 5) is 0. The van der Waals surface area contributed by atoms with Gasteiger partial charge in [-0.2, -0.15) is 0 Å². The average molecular weight is 115 g/mol. The summed E-state index contributed by atoms with van der Waals surface area (Å²) in [6.07, 6.45) is 4.64. The van der Waals surface area contributed by atoms with Gasteiger partial charge in [-0.1, -0.05) is 12.2 Å². The third-order valence-corrected chi connectivity index (χ3v) is 0.909. The summed E-state index contributed by atoms with van der Waals surface area (Å²) in [6.45, 7) is 2.01. The molecule has 0 radical (unpaired) electrons. The molecule has 8 heavy (non-hydrogen) atoms. The lowest BCUT2D eigenvalue weighted by Gasteiger charge is -2.00. The van der Waals surface area contributed by atoms with Gasteiger partial charge in [0, 0.05) is 6.04 Å². The Morgan fingerprint density at radius 2 is 2.38 bits per heavy atom. The van der Waals surface area contributed by atoms with E-state index in [0.29, 0.717) is 0 Å². The molecule has 1 unspecified atom stereocenters. The molecule has 1 atom stereocenters. The predicted octanol–water partition coefficient (Wildman–Crippen LogP) is 0.272. The molecule has 0 aliphatic rings. The van der Waals surface area contributed by atoms with Gasteiger partial charge in [0.25, 0.3) is 0 Å². The zero-order chi connectivity index (χ0) is 6.41. The number of hydrogen-bond donors (Lipinski definition) is 2. The molecule has 0 aromatic rings. The second-order valence-corrected chi connectivity index (χ2v) is 1.75. The van der Waals surface area contributed by atoms with Crippen molar-refractivity contribution in [3.05, 3.63) is 12.2 Å². The van der Waals surface area contributed by atoms with E-state index in [1.807, 2.05) is 19.1 Å². The van der Waals surface area contributed by atoms with Crippen LogP contribution in [0.1, 0.15) is 13.3 Å². The molecule has 0 bridgehead atoms. The number of aliphatic hydroxyl groups is 1. The van der Waals surface area contributed by atoms with Crippen LogP contribution in [-0.4, -0.2) is 17.8 Å². The zero-order valence-corrected chi connectivity index (χ0v) is 5.17. The third-order valence-electron chi connectivity index (χ3n) is 0.909. The van der Waals surface area contributed by atoms with Gasteiger partial charge < -0.3 is 10.8 Å². The van der Waals surface area contributed by atoms with Crippen molar-refractivity contribution in [1.82, 2.24) is 0 Å². The molecule has 0 amide bonds. The molecule has 3 N–H and O–H groups in total. The summed E-state index contributed by atoms with van der Waals surface area (Å²) < 4.78 is 0. The molecule has 0 fully saturated rings. The van der Waals surface area contributed by atoms with Crippen LogP contribution >= 0.6 is 0 Å². The maximum Gasteiger partial charge on any atom is 0.0585 e. The van der Waals surface area contributed by atoms with Gasteiger partial charge in [0.15, 0.2) is 0 Å². The molecule has 0 aromatic heterocycles. The van der Waals surface area contributed by atoms with Crippen molar-refractivity contribution in [2.24, 2.45) is 5.73 Å². The summed E-state index contributed by atoms with van der Waals surface area (Å²) in [7, 11) is 0. The molecule has 0 saturated heterocycles. The van der Waals surface area contributed by atoms with Crippen LogP contribution in [0.2, 0.25) is 0 Å². The first kappa shape index (κ1) is 7.66. The summed E-state index contributed by atoms with van der Waals surface area (Å²) in [5.74, 6) is 0. The van der Waals surface area contributed by atoms with Gasteiger partial charge in [0.05, 0.1) is 6.61 Å². The summed E-state index contributed by atoms with van der Waals surface area (Å²) in [6, 6.07) is -0.0776. The number of hydrogen-bond acceptors (Lipinski definition) is 2. The largest absolute Gasteiger partial charge is 0.395 e. The monoisotopic (exact) mass is 115 g/mol. The lowest BCUT2D eigenvalue weighted by atomic mass is 10.2. The van der Waals surface area contributed by atoms with Crippen molar-refractivity contribution >= 4 is 0 Å². The smallest absolute Gasteiger partial charge is 0.0585 e. The highest BCUT2D eigenvalue weighted by molar-refractivity contribution is 4.81. The highest BCUT2D eigenvalue weighted by Gasteiger charge is 1.92. The minimum atomic E-state index is -0.0776. The molecule has 48 valence electrons. The van der Waals surface area contributed by atoms with E-state index in [0.717, 1.165) is 6.42 Å². The molecule has 2 heteroatoms. The van der Waals surface area contributed by atoms with Crippen molar-refractivity contribution in [2.75, 3.05) is 6.61 Å². The van der Waals surface area contributed by atoms with Gasteiger partial charge in [-0.25, -0.2) is 0 Å². The highest BCUT2D eigenvalue weighted by Crippen LogP contribution is 1.86. The van der Waals surface area contributed by atoms with Gasteiger partial charge >= 0.3 is 0 Å². The van der Waals surface area contributed by atoms with E-state index in [-0.39, 0.29) is 12.6 Å². The first-order valence-corrected chi connectivity index (χ1v) is 2.78. The first-order chi connectivity index (χ1) is 3.81. The second kappa shape index (κ2) is 4.81. The van der Waals surface area contributed by atoms with E-state index in [2.05, 4.69) is 0 Å². The van der Waals surface area contributed by atoms with Crippen LogP contribution < -0.4 is 5.73 Å². The fourth-order valence-corrected chi connectivity index (χ4v) is 0.385. The van der Waals surface area contributed by atoms with Crippen LogP contribution in [0.4, 0.5) is 0 Å². The van der Waals surface area contributed by atoms with Crippen LogP contribution in [0.25, 0.3) is 0 Å². The Morgan fingerprint density at radius 3 is 2.75 bits per heavy atom. The second-order valence-electron chi connectivity index (χ2n) is 1.75. The van der Waals surface area contributed by atoms with Gasteiger partial charge in [0.1, 0.15) is 0 Å². The molecule has 0 aliphatic carbocycles. The molecule has 0 heterocycles. The molecule has 0 aromatic carbocycles. The Kier molecular flexibility index (Phi) is 4.61. The minimum absolute atomic E-state index is 0.0737. The molecule has 0 rings (SSSR count). The number of nitrogens with two attached hydrogens (primary N) is 1. The fourth-order valence-electron chi connectivity index (χ4n) is 0.385. The zero-order valence-electron chi connectivity index (χ0n) is 5.17. The highest BCUT2D eigenvalue weighted by atomic mass is 16.3. The maximum atomic E-state index is 8.40. The quantitative estimate of drug-likeness (QED) is 0.519. The van der Waals surface area contributed by atoms with E-state index in [9.17, 15) is 0 Å². The number of aliphatic hydroxyl groups excluding tert-OH is 1. The Morgan fingerprint density at radius 1 is 1.75 bits per heavy atom. The molecule has 0 aliphatic heterocycles. The Bertz CT molecular complexity index is 70.9. The van der Waals surface area contributed by atoms with E-state index in [4.69, 9.17) is 10.8 Å². The predicted molar refractivity (Wildman–Crippen MR) is 34.5 cm³/mol. The summed E-state index contributed by atoms with van der Waals surface area (Å²) >= 11 is 0. The molecular formula is C6H13NO. The molecule has 0 saturated carbocycles. The number of allylic oxidation sites excluding steroid dienone is 1. The molecular weight excluding hydrogens is 102 g/mol. The van der Waals surface area contributed by atoms with E-state index in [1.54, 1.807) is 0 Å². The van der Waals surface area contributed by atoms with Crippen LogP contribution in [-0.2, 0) is 0 Å². The van der Waals surface area contributed by atoms with Crippen LogP contribution in [0, 0.1) is 0 Å². The minimum Gasteiger partial charge on any atom is -0.395 e. The topological polar surface area (TPSA) is 46.2 Å². The maximum absolute atomic E-state index is 8.40. The standard InChI is InChI=1S/C6H13NO/c1-2-3-4-6(7)5-8/h2-3,6,8H,4-5,7H2,1H3/b3-2+. The Balaban J connectivity index is 3.10. The number of rotatable bonds is 3. The summed E-state index contributed by atoms with van der Waals surface area (Å²) in [5, 5.41) is 8.40. The lowest BCUT2D eigenvalue weighted by molar-refractivity contribution is 0.266. The van der Waals surface area contributed by atoms with Crippen LogP contribution in [0.3, 0.4) is 0 Å². The Hall–Kier alpha value is -0.340. The van der Waals surface area contributed by atoms with Crippen molar-refractivity contribution in [2.45, 2.75) is 19.4 Å². The van der Waals surface area contributed by atoms with Gasteiger partial charge in [-0.3, -0.25) is 0 Å². The van der Waals surface area contributed by atoms with E-state index < -0.39 is 0 Å². The first-order valence-electron chi connectivity index (χ1n) is 2.78. The fraction of sp³-hybridized carbons (Fsp3) is 0.667. The van der Waals surface area contributed by atoms with Crippen molar-refractivity contribution in [3.63, 3.8) is 0 Å². The van der Waals surface area contributed by atoms with Crippen molar-refractivity contribution < 1.29 is 5.11 Å².